The van der Waals surface area contributed by atoms with E-state index in [2.05, 4.69) is 0 Å². The van der Waals surface area contributed by atoms with Crippen LogP contribution in [0.25, 0.3) is 0 Å². The molecule has 18 heavy (non-hydrogen) atoms. The van der Waals surface area contributed by atoms with Gasteiger partial charge in [0, 0.05) is 19.0 Å². The molecule has 4 nitrogen and oxygen atoms in total. The minimum Gasteiger partial charge on any atom is -0.443 e. The molecule has 1 aliphatic rings. The summed E-state index contributed by atoms with van der Waals surface area (Å²) in [6, 6.07) is 7.86. The molecule has 0 radical (unpaired) electrons. The van der Waals surface area contributed by atoms with Crippen LogP contribution in [0.15, 0.2) is 24.3 Å². The average Bonchev–Trinajstić information content (AvgIpc) is 2.65. The predicted molar refractivity (Wildman–Crippen MR) is 71.8 cm³/mol. The third-order valence-corrected chi connectivity index (χ3v) is 2.97. The van der Waals surface area contributed by atoms with Crippen molar-refractivity contribution in [2.75, 3.05) is 18.0 Å². The van der Waals surface area contributed by atoms with Crippen molar-refractivity contribution in [2.45, 2.75) is 32.3 Å². The van der Waals surface area contributed by atoms with Crippen LogP contribution in [-0.2, 0) is 4.74 Å². The number of fused-ring (bicyclic) bond motifs is 1. The molecule has 0 aromatic heterocycles. The van der Waals surface area contributed by atoms with E-state index >= 15 is 0 Å². The zero-order valence-corrected chi connectivity index (χ0v) is 11.1. The summed E-state index contributed by atoms with van der Waals surface area (Å²) in [6.07, 6.45) is -0.300. The smallest absolute Gasteiger partial charge is 0.414 e. The maximum Gasteiger partial charge on any atom is 0.414 e. The van der Waals surface area contributed by atoms with E-state index in [-0.39, 0.29) is 12.0 Å². The van der Waals surface area contributed by atoms with Gasteiger partial charge in [0.2, 0.25) is 0 Å². The van der Waals surface area contributed by atoms with Crippen LogP contribution in [0.3, 0.4) is 0 Å². The number of para-hydroxylation sites is 1. The molecule has 2 rings (SSSR count). The van der Waals surface area contributed by atoms with Crippen LogP contribution in [0.4, 0.5) is 10.5 Å². The summed E-state index contributed by atoms with van der Waals surface area (Å²) >= 11 is 0. The van der Waals surface area contributed by atoms with Crippen LogP contribution in [0, 0.1) is 0 Å². The molecule has 0 fully saturated rings. The maximum absolute atomic E-state index is 12.1. The Labute approximate surface area is 108 Å². The Morgan fingerprint density at radius 3 is 2.72 bits per heavy atom. The van der Waals surface area contributed by atoms with Gasteiger partial charge in [-0.1, -0.05) is 18.2 Å². The highest BCUT2D eigenvalue weighted by Crippen LogP contribution is 2.36. The van der Waals surface area contributed by atoms with Crippen molar-refractivity contribution < 1.29 is 9.53 Å². The Bertz CT molecular complexity index is 451. The van der Waals surface area contributed by atoms with E-state index < -0.39 is 5.60 Å². The van der Waals surface area contributed by atoms with Gasteiger partial charge in [-0.05, 0) is 32.4 Å². The van der Waals surface area contributed by atoms with Crippen LogP contribution in [0.1, 0.15) is 32.3 Å². The van der Waals surface area contributed by atoms with Crippen LogP contribution in [0.2, 0.25) is 0 Å². The van der Waals surface area contributed by atoms with Crippen molar-refractivity contribution >= 4 is 11.8 Å². The second-order valence-electron chi connectivity index (χ2n) is 5.58. The van der Waals surface area contributed by atoms with Crippen LogP contribution in [-0.4, -0.2) is 24.8 Å². The zero-order chi connectivity index (χ0) is 13.3. The molecule has 0 unspecified atom stereocenters. The first kappa shape index (κ1) is 12.9. The van der Waals surface area contributed by atoms with Crippen molar-refractivity contribution in [1.29, 1.82) is 0 Å². The summed E-state index contributed by atoms with van der Waals surface area (Å²) in [7, 11) is 0. The van der Waals surface area contributed by atoms with Gasteiger partial charge in [-0.25, -0.2) is 4.79 Å². The molecular formula is C14H20N2O2. The van der Waals surface area contributed by atoms with E-state index in [0.717, 1.165) is 11.3 Å². The number of benzene rings is 1. The standard InChI is InChI=1S/C14H20N2O2/c1-14(2,3)18-13(17)16-9-10(8-15)11-6-4-5-7-12(11)16/h4-7,10H,8-9,15H2,1-3H3/t10-/m1/s1. The summed E-state index contributed by atoms with van der Waals surface area (Å²) < 4.78 is 5.42. The van der Waals surface area contributed by atoms with Gasteiger partial charge in [0.05, 0.1) is 5.69 Å². The third-order valence-electron chi connectivity index (χ3n) is 2.97. The molecule has 4 heteroatoms. The first-order valence-corrected chi connectivity index (χ1v) is 6.22. The molecule has 1 aromatic rings. The SMILES string of the molecule is CC(C)(C)OC(=O)N1C[C@@H](CN)c2ccccc21. The Balaban J connectivity index is 2.24. The lowest BCUT2D eigenvalue weighted by atomic mass is 10.0. The van der Waals surface area contributed by atoms with Gasteiger partial charge < -0.3 is 10.5 Å². The Morgan fingerprint density at radius 2 is 2.11 bits per heavy atom. The van der Waals surface area contributed by atoms with E-state index in [4.69, 9.17) is 10.5 Å². The van der Waals surface area contributed by atoms with E-state index in [1.54, 1.807) is 4.90 Å². The van der Waals surface area contributed by atoms with Crippen molar-refractivity contribution in [1.82, 2.24) is 0 Å². The zero-order valence-electron chi connectivity index (χ0n) is 11.1. The maximum atomic E-state index is 12.1. The predicted octanol–water partition coefficient (Wildman–Crippen LogP) is 2.48. The molecule has 0 aliphatic carbocycles. The molecule has 0 saturated carbocycles. The minimum atomic E-state index is -0.479. The summed E-state index contributed by atoms with van der Waals surface area (Å²) in [5.41, 5.74) is 7.33. The Morgan fingerprint density at radius 1 is 1.44 bits per heavy atom. The van der Waals surface area contributed by atoms with E-state index in [1.807, 2.05) is 45.0 Å². The fourth-order valence-electron chi connectivity index (χ4n) is 2.19. The van der Waals surface area contributed by atoms with E-state index in [0.29, 0.717) is 13.1 Å². The number of anilines is 1. The summed E-state index contributed by atoms with van der Waals surface area (Å²) in [5, 5.41) is 0. The molecule has 1 amide bonds. The van der Waals surface area contributed by atoms with Crippen molar-refractivity contribution in [2.24, 2.45) is 5.73 Å². The first-order chi connectivity index (χ1) is 8.42. The molecule has 0 saturated heterocycles. The molecular weight excluding hydrogens is 228 g/mol. The number of nitrogens with two attached hydrogens (primary N) is 1. The van der Waals surface area contributed by atoms with Gasteiger partial charge in [-0.3, -0.25) is 4.90 Å². The number of rotatable bonds is 1. The third kappa shape index (κ3) is 2.48. The lowest BCUT2D eigenvalue weighted by Crippen LogP contribution is -2.36. The number of nitrogens with zero attached hydrogens (tertiary/aromatic N) is 1. The molecule has 1 aromatic carbocycles. The molecule has 1 aliphatic heterocycles. The number of carbonyl (C=O) groups excluding carboxylic acids is 1. The number of hydrogen-bond donors (Lipinski definition) is 1. The number of hydrogen-bond acceptors (Lipinski definition) is 3. The van der Waals surface area contributed by atoms with Crippen LogP contribution >= 0.6 is 0 Å². The highest BCUT2D eigenvalue weighted by molar-refractivity contribution is 5.91. The molecule has 0 spiro atoms. The lowest BCUT2D eigenvalue weighted by Gasteiger charge is -2.25. The minimum absolute atomic E-state index is 0.203. The second-order valence-corrected chi connectivity index (χ2v) is 5.58. The monoisotopic (exact) mass is 248 g/mol. The fraction of sp³-hybridized carbons (Fsp3) is 0.500. The van der Waals surface area contributed by atoms with E-state index in [1.165, 1.54) is 0 Å². The molecule has 0 bridgehead atoms. The van der Waals surface area contributed by atoms with E-state index in [9.17, 15) is 4.79 Å². The van der Waals surface area contributed by atoms with Gasteiger partial charge in [-0.15, -0.1) is 0 Å². The van der Waals surface area contributed by atoms with Gasteiger partial charge in [0.15, 0.2) is 0 Å². The highest BCUT2D eigenvalue weighted by atomic mass is 16.6. The molecule has 1 heterocycles. The number of ether oxygens (including phenoxy) is 1. The quantitative estimate of drug-likeness (QED) is 0.830. The Hall–Kier alpha value is -1.55. The van der Waals surface area contributed by atoms with Crippen molar-refractivity contribution in [3.05, 3.63) is 29.8 Å². The van der Waals surface area contributed by atoms with Crippen LogP contribution < -0.4 is 10.6 Å². The van der Waals surface area contributed by atoms with Gasteiger partial charge in [-0.2, -0.15) is 0 Å². The topological polar surface area (TPSA) is 55.6 Å². The Kier molecular flexibility index (Phi) is 3.30. The summed E-state index contributed by atoms with van der Waals surface area (Å²) in [5.74, 6) is 0.203. The molecule has 98 valence electrons. The molecule has 2 N–H and O–H groups in total. The van der Waals surface area contributed by atoms with Crippen molar-refractivity contribution in [3.63, 3.8) is 0 Å². The highest BCUT2D eigenvalue weighted by Gasteiger charge is 2.33. The fourth-order valence-corrected chi connectivity index (χ4v) is 2.19. The summed E-state index contributed by atoms with van der Waals surface area (Å²) in [4.78, 5) is 13.8. The second kappa shape index (κ2) is 4.61. The van der Waals surface area contributed by atoms with Crippen LogP contribution in [0.5, 0.6) is 0 Å². The summed E-state index contributed by atoms with van der Waals surface area (Å²) in [6.45, 7) is 6.74. The largest absolute Gasteiger partial charge is 0.443 e. The molecule has 1 atom stereocenters. The van der Waals surface area contributed by atoms with Gasteiger partial charge >= 0.3 is 6.09 Å². The van der Waals surface area contributed by atoms with Gasteiger partial charge in [0.1, 0.15) is 5.60 Å². The van der Waals surface area contributed by atoms with Crippen molar-refractivity contribution in [3.8, 4) is 0 Å². The van der Waals surface area contributed by atoms with Gasteiger partial charge in [0.25, 0.3) is 0 Å². The number of carbonyl (C=O) groups is 1. The first-order valence-electron chi connectivity index (χ1n) is 6.22. The normalized spacial score (nSPS) is 18.7. The average molecular weight is 248 g/mol. The number of amides is 1. The lowest BCUT2D eigenvalue weighted by molar-refractivity contribution is 0.0582.